The van der Waals surface area contributed by atoms with Gasteiger partial charge in [0.15, 0.2) is 0 Å². The third-order valence-electron chi connectivity index (χ3n) is 6.13. The molecule has 2 aromatic carbocycles. The standard InChI is InChI=1S/C25H27FO4S/c1-14-3-4-17(25-24(29)15(2)23(28)21(13-27)30-25)11-18(14)12-20-9-10-22(31-20)16-5-7-19(26)8-6-16/h3-11,15,21,23-25,27-29H,12-13H2,1-2H3/t15-,21+,23-,24+,25-/m0/s1. The van der Waals surface area contributed by atoms with Crippen LogP contribution in [0, 0.1) is 18.7 Å². The molecule has 1 saturated heterocycles. The van der Waals surface area contributed by atoms with E-state index in [2.05, 4.69) is 19.1 Å². The minimum atomic E-state index is -0.905. The van der Waals surface area contributed by atoms with Gasteiger partial charge in [-0.05, 0) is 53.4 Å². The summed E-state index contributed by atoms with van der Waals surface area (Å²) in [7, 11) is 0. The molecule has 5 atom stereocenters. The number of hydrogen-bond donors (Lipinski definition) is 3. The second kappa shape index (κ2) is 9.18. The summed E-state index contributed by atoms with van der Waals surface area (Å²) in [5, 5.41) is 30.4. The third kappa shape index (κ3) is 4.59. The van der Waals surface area contributed by atoms with Crippen molar-refractivity contribution in [3.05, 3.63) is 82.0 Å². The number of hydrogen-bond acceptors (Lipinski definition) is 5. The van der Waals surface area contributed by atoms with E-state index < -0.39 is 30.3 Å². The van der Waals surface area contributed by atoms with E-state index in [1.54, 1.807) is 30.4 Å². The highest BCUT2D eigenvalue weighted by Crippen LogP contribution is 2.37. The topological polar surface area (TPSA) is 69.9 Å². The van der Waals surface area contributed by atoms with Gasteiger partial charge in [-0.25, -0.2) is 4.39 Å². The Kier molecular flexibility index (Phi) is 6.55. The quantitative estimate of drug-likeness (QED) is 0.553. The van der Waals surface area contributed by atoms with E-state index in [-0.39, 0.29) is 12.4 Å². The zero-order chi connectivity index (χ0) is 22.1. The first-order valence-corrected chi connectivity index (χ1v) is 11.3. The first kappa shape index (κ1) is 22.1. The highest BCUT2D eigenvalue weighted by molar-refractivity contribution is 7.15. The van der Waals surface area contributed by atoms with Crippen molar-refractivity contribution in [1.29, 1.82) is 0 Å². The van der Waals surface area contributed by atoms with Gasteiger partial charge in [0, 0.05) is 22.1 Å². The van der Waals surface area contributed by atoms with Crippen LogP contribution in [0.4, 0.5) is 4.39 Å². The minimum Gasteiger partial charge on any atom is -0.394 e. The Bertz CT molecular complexity index is 1030. The smallest absolute Gasteiger partial charge is 0.123 e. The Labute approximate surface area is 185 Å². The fourth-order valence-electron chi connectivity index (χ4n) is 4.08. The van der Waals surface area contributed by atoms with Gasteiger partial charge in [0.25, 0.3) is 0 Å². The molecule has 0 saturated carbocycles. The van der Waals surface area contributed by atoms with E-state index in [1.807, 2.05) is 18.2 Å². The lowest BCUT2D eigenvalue weighted by Crippen LogP contribution is -2.50. The van der Waals surface area contributed by atoms with Crippen LogP contribution in [0.15, 0.2) is 54.6 Å². The van der Waals surface area contributed by atoms with Gasteiger partial charge in [0.05, 0.1) is 18.8 Å². The van der Waals surface area contributed by atoms with Crippen LogP contribution < -0.4 is 0 Å². The molecular weight excluding hydrogens is 415 g/mol. The highest BCUT2D eigenvalue weighted by atomic mass is 32.1. The summed E-state index contributed by atoms with van der Waals surface area (Å²) < 4.78 is 19.1. The van der Waals surface area contributed by atoms with E-state index >= 15 is 0 Å². The molecule has 1 aromatic heterocycles. The molecule has 0 bridgehead atoms. The molecule has 3 N–H and O–H groups in total. The number of halogens is 1. The monoisotopic (exact) mass is 442 g/mol. The summed E-state index contributed by atoms with van der Waals surface area (Å²) in [6, 6.07) is 16.6. The average molecular weight is 443 g/mol. The first-order valence-electron chi connectivity index (χ1n) is 10.4. The zero-order valence-electron chi connectivity index (χ0n) is 17.5. The van der Waals surface area contributed by atoms with Crippen LogP contribution in [-0.2, 0) is 11.2 Å². The van der Waals surface area contributed by atoms with Crippen molar-refractivity contribution in [2.75, 3.05) is 6.61 Å². The molecule has 6 heteroatoms. The molecule has 4 nitrogen and oxygen atoms in total. The lowest BCUT2D eigenvalue weighted by molar-refractivity contribution is -0.207. The molecule has 1 aliphatic heterocycles. The van der Waals surface area contributed by atoms with Gasteiger partial charge in [-0.1, -0.05) is 37.3 Å². The Morgan fingerprint density at radius 2 is 1.74 bits per heavy atom. The van der Waals surface area contributed by atoms with Crippen molar-refractivity contribution in [1.82, 2.24) is 0 Å². The van der Waals surface area contributed by atoms with Crippen molar-refractivity contribution >= 4 is 11.3 Å². The van der Waals surface area contributed by atoms with Gasteiger partial charge in [0.2, 0.25) is 0 Å². The van der Waals surface area contributed by atoms with E-state index in [1.165, 1.54) is 17.0 Å². The number of aryl methyl sites for hydroxylation is 1. The third-order valence-corrected chi connectivity index (χ3v) is 7.26. The molecule has 0 spiro atoms. The number of rotatable bonds is 5. The lowest BCUT2D eigenvalue weighted by atomic mass is 9.84. The highest BCUT2D eigenvalue weighted by Gasteiger charge is 2.42. The van der Waals surface area contributed by atoms with Crippen LogP contribution in [0.2, 0.25) is 0 Å². The number of aliphatic hydroxyl groups excluding tert-OH is 3. The normalized spacial score (nSPS) is 26.2. The minimum absolute atomic E-state index is 0.245. The van der Waals surface area contributed by atoms with Gasteiger partial charge < -0.3 is 20.1 Å². The summed E-state index contributed by atoms with van der Waals surface area (Å²) >= 11 is 1.67. The molecule has 0 amide bonds. The van der Waals surface area contributed by atoms with Crippen molar-refractivity contribution in [3.8, 4) is 10.4 Å². The van der Waals surface area contributed by atoms with Crippen molar-refractivity contribution in [2.45, 2.75) is 44.7 Å². The Morgan fingerprint density at radius 1 is 1.00 bits per heavy atom. The zero-order valence-corrected chi connectivity index (χ0v) is 18.3. The van der Waals surface area contributed by atoms with Crippen LogP contribution in [-0.4, -0.2) is 40.2 Å². The average Bonchev–Trinajstić information content (AvgIpc) is 3.23. The largest absolute Gasteiger partial charge is 0.394 e. The fourth-order valence-corrected chi connectivity index (χ4v) is 5.12. The Morgan fingerprint density at radius 3 is 2.45 bits per heavy atom. The van der Waals surface area contributed by atoms with E-state index in [0.717, 1.165) is 33.6 Å². The maximum Gasteiger partial charge on any atom is 0.123 e. The maximum absolute atomic E-state index is 13.2. The lowest BCUT2D eigenvalue weighted by Gasteiger charge is -2.41. The van der Waals surface area contributed by atoms with E-state index in [0.29, 0.717) is 0 Å². The summed E-state index contributed by atoms with van der Waals surface area (Å²) in [6.07, 6.45) is -2.36. The molecule has 2 heterocycles. The van der Waals surface area contributed by atoms with Crippen LogP contribution in [0.1, 0.15) is 34.6 Å². The van der Waals surface area contributed by atoms with Gasteiger partial charge >= 0.3 is 0 Å². The Balaban J connectivity index is 1.57. The molecule has 0 aliphatic carbocycles. The van der Waals surface area contributed by atoms with Crippen molar-refractivity contribution in [3.63, 3.8) is 0 Å². The maximum atomic E-state index is 13.2. The van der Waals surface area contributed by atoms with Gasteiger partial charge in [0.1, 0.15) is 18.0 Å². The summed E-state index contributed by atoms with van der Waals surface area (Å²) in [5.41, 5.74) is 4.09. The van der Waals surface area contributed by atoms with Crippen LogP contribution >= 0.6 is 11.3 Å². The van der Waals surface area contributed by atoms with Crippen LogP contribution in [0.5, 0.6) is 0 Å². The second-order valence-electron chi connectivity index (χ2n) is 8.25. The summed E-state index contributed by atoms with van der Waals surface area (Å²) in [6.45, 7) is 3.52. The summed E-state index contributed by atoms with van der Waals surface area (Å²) in [5.74, 6) is -0.651. The second-order valence-corrected chi connectivity index (χ2v) is 9.42. The van der Waals surface area contributed by atoms with Gasteiger partial charge in [-0.2, -0.15) is 0 Å². The molecule has 1 fully saturated rings. The van der Waals surface area contributed by atoms with Crippen molar-refractivity contribution < 1.29 is 24.4 Å². The van der Waals surface area contributed by atoms with E-state index in [4.69, 9.17) is 4.74 Å². The summed E-state index contributed by atoms with van der Waals surface area (Å²) in [4.78, 5) is 2.27. The van der Waals surface area contributed by atoms with Gasteiger partial charge in [-0.3, -0.25) is 0 Å². The van der Waals surface area contributed by atoms with Gasteiger partial charge in [-0.15, -0.1) is 11.3 Å². The van der Waals surface area contributed by atoms with Crippen molar-refractivity contribution in [2.24, 2.45) is 5.92 Å². The molecule has 0 radical (unpaired) electrons. The molecule has 31 heavy (non-hydrogen) atoms. The number of benzene rings is 2. The van der Waals surface area contributed by atoms with E-state index in [9.17, 15) is 19.7 Å². The molecule has 3 aromatic rings. The number of ether oxygens (including phenoxy) is 1. The predicted molar refractivity (Wildman–Crippen MR) is 120 cm³/mol. The predicted octanol–water partition coefficient (Wildman–Crippen LogP) is 4.24. The molecule has 0 unspecified atom stereocenters. The Hall–Kier alpha value is -2.09. The first-order chi connectivity index (χ1) is 14.9. The number of aliphatic hydroxyl groups is 3. The number of thiophene rings is 1. The van der Waals surface area contributed by atoms with Crippen LogP contribution in [0.3, 0.4) is 0 Å². The van der Waals surface area contributed by atoms with Crippen LogP contribution in [0.25, 0.3) is 10.4 Å². The molecular formula is C25H27FO4S. The molecule has 164 valence electrons. The SMILES string of the molecule is Cc1ccc([C@@H]2O[C@H](CO)[C@@H](O)[C@H](C)[C@H]2O)cc1Cc1ccc(-c2ccc(F)cc2)s1. The fraction of sp³-hybridized carbons (Fsp3) is 0.360. The molecule has 1 aliphatic rings. The molecule has 4 rings (SSSR count).